The van der Waals surface area contributed by atoms with Crippen molar-refractivity contribution in [3.63, 3.8) is 0 Å². The molecule has 18 heavy (non-hydrogen) atoms. The van der Waals surface area contributed by atoms with E-state index in [1.807, 2.05) is 0 Å². The maximum Gasteiger partial charge on any atom is 0.208 e. The van der Waals surface area contributed by atoms with E-state index < -0.39 is 0 Å². The lowest BCUT2D eigenvalue weighted by atomic mass is 9.78. The van der Waals surface area contributed by atoms with Gasteiger partial charge in [0.05, 0.1) is 5.41 Å². The first-order chi connectivity index (χ1) is 8.14. The molecular weight excluding hydrogens is 333 g/mol. The molecule has 0 bridgehead atoms. The molecule has 2 aromatic carbocycles. The fourth-order valence-electron chi connectivity index (χ4n) is 3.05. The molecule has 0 atom stereocenters. The van der Waals surface area contributed by atoms with E-state index in [9.17, 15) is 0 Å². The predicted octanol–water partition coefficient (Wildman–Crippen LogP) is -0.302. The largest absolute Gasteiger partial charge is 1.00 e. The van der Waals surface area contributed by atoms with Gasteiger partial charge in [-0.2, -0.15) is 0 Å². The van der Waals surface area contributed by atoms with E-state index in [1.54, 1.807) is 0 Å². The fraction of sp³-hybridized carbons (Fsp3) is 0.312. The minimum Gasteiger partial charge on any atom is -1.00 e. The summed E-state index contributed by atoms with van der Waals surface area (Å²) >= 11 is 0. The first-order valence-electron chi connectivity index (χ1n) is 6.30. The number of benzene rings is 2. The van der Waals surface area contributed by atoms with Crippen molar-refractivity contribution in [2.45, 2.75) is 32.6 Å². The Hall–Kier alpha value is -0.900. The Morgan fingerprint density at radius 3 is 2.50 bits per heavy atom. The van der Waals surface area contributed by atoms with Gasteiger partial charge in [-0.1, -0.05) is 31.2 Å². The second-order valence-corrected chi connectivity index (χ2v) is 5.29. The Labute approximate surface area is 125 Å². The van der Waals surface area contributed by atoms with Crippen LogP contribution in [0.4, 0.5) is 5.69 Å². The highest BCUT2D eigenvalue weighted by molar-refractivity contribution is 6.01. The molecule has 0 aromatic heterocycles. The minimum atomic E-state index is 0. The van der Waals surface area contributed by atoms with Crippen LogP contribution in [-0.4, -0.2) is 5.71 Å². The van der Waals surface area contributed by atoms with Crippen LogP contribution in [0.2, 0.25) is 0 Å². The molecule has 1 aliphatic rings. The van der Waals surface area contributed by atoms with Gasteiger partial charge in [0.2, 0.25) is 5.69 Å². The highest BCUT2D eigenvalue weighted by Crippen LogP contribution is 2.37. The van der Waals surface area contributed by atoms with Gasteiger partial charge in [-0.05, 0) is 30.7 Å². The molecule has 94 valence electrons. The Balaban J connectivity index is 0.00000120. The smallest absolute Gasteiger partial charge is 0.208 e. The first kappa shape index (κ1) is 13.5. The third-order valence-electron chi connectivity index (χ3n) is 3.95. The zero-order valence-electron chi connectivity index (χ0n) is 11.0. The van der Waals surface area contributed by atoms with E-state index in [2.05, 4.69) is 62.2 Å². The van der Waals surface area contributed by atoms with E-state index in [0.717, 1.165) is 6.42 Å². The number of rotatable bonds is 1. The number of fused-ring (bicyclic) bond motifs is 3. The number of halogens is 1. The van der Waals surface area contributed by atoms with Crippen molar-refractivity contribution in [3.8, 4) is 0 Å². The molecule has 2 aromatic rings. The zero-order chi connectivity index (χ0) is 12.0. The summed E-state index contributed by atoms with van der Waals surface area (Å²) in [7, 11) is 0. The predicted molar refractivity (Wildman–Crippen MR) is 72.9 cm³/mol. The minimum absolute atomic E-state index is 0. The fourth-order valence-corrected chi connectivity index (χ4v) is 3.05. The maximum absolute atomic E-state index is 3.58. The number of hydrogen-bond acceptors (Lipinski definition) is 0. The van der Waals surface area contributed by atoms with Gasteiger partial charge in [0.1, 0.15) is 0 Å². The van der Waals surface area contributed by atoms with Crippen LogP contribution in [0.5, 0.6) is 0 Å². The van der Waals surface area contributed by atoms with E-state index >= 15 is 0 Å². The molecule has 2 heteroatoms. The Morgan fingerprint density at radius 2 is 1.78 bits per heavy atom. The van der Waals surface area contributed by atoms with Crippen LogP contribution < -0.4 is 29.0 Å². The summed E-state index contributed by atoms with van der Waals surface area (Å²) in [5.41, 5.74) is 4.28. The molecule has 1 heterocycles. The number of hydrogen-bond donors (Lipinski definition) is 1. The zero-order valence-corrected chi connectivity index (χ0v) is 13.2. The van der Waals surface area contributed by atoms with E-state index in [1.165, 1.54) is 27.7 Å². The van der Waals surface area contributed by atoms with Gasteiger partial charge >= 0.3 is 0 Å². The quantitative estimate of drug-likeness (QED) is 0.679. The van der Waals surface area contributed by atoms with Crippen LogP contribution in [0, 0.1) is 0 Å². The van der Waals surface area contributed by atoms with Gasteiger partial charge < -0.3 is 24.0 Å². The monoisotopic (exact) mass is 351 g/mol. The second kappa shape index (κ2) is 4.65. The first-order valence-corrected chi connectivity index (χ1v) is 6.30. The second-order valence-electron chi connectivity index (χ2n) is 5.29. The summed E-state index contributed by atoms with van der Waals surface area (Å²) in [6, 6.07) is 13.1. The molecule has 1 nitrogen and oxygen atoms in total. The van der Waals surface area contributed by atoms with Crippen molar-refractivity contribution in [1.29, 1.82) is 0 Å². The molecule has 0 unspecified atom stereocenters. The lowest BCUT2D eigenvalue weighted by Gasteiger charge is -2.18. The van der Waals surface area contributed by atoms with Crippen molar-refractivity contribution in [1.82, 2.24) is 0 Å². The van der Waals surface area contributed by atoms with Gasteiger partial charge in [-0.15, -0.1) is 0 Å². The third kappa shape index (κ3) is 1.78. The Morgan fingerprint density at radius 1 is 1.06 bits per heavy atom. The summed E-state index contributed by atoms with van der Waals surface area (Å²) in [5, 5.41) is 2.71. The summed E-state index contributed by atoms with van der Waals surface area (Å²) in [6.07, 6.45) is 1.08. The van der Waals surface area contributed by atoms with Crippen LogP contribution in [0.25, 0.3) is 10.8 Å². The van der Waals surface area contributed by atoms with E-state index in [-0.39, 0.29) is 29.4 Å². The maximum atomic E-state index is 3.58. The molecule has 0 saturated carbocycles. The summed E-state index contributed by atoms with van der Waals surface area (Å²) < 4.78 is 0. The third-order valence-corrected chi connectivity index (χ3v) is 3.95. The van der Waals surface area contributed by atoms with Crippen molar-refractivity contribution < 1.29 is 29.0 Å². The average Bonchev–Trinajstić information content (AvgIpc) is 2.61. The van der Waals surface area contributed by atoms with Crippen LogP contribution in [0.1, 0.15) is 32.8 Å². The molecule has 0 aliphatic carbocycles. The topological polar surface area (TPSA) is 14.0 Å². The van der Waals surface area contributed by atoms with E-state index in [0.29, 0.717) is 0 Å². The van der Waals surface area contributed by atoms with Crippen LogP contribution in [-0.2, 0) is 5.41 Å². The van der Waals surface area contributed by atoms with Gasteiger partial charge in [-0.3, -0.25) is 0 Å². The standard InChI is InChI=1S/C16H17N.HI/c1-4-14-16(2,3)15-12-8-6-5-7-11(12)9-10-13(15)17-14;/h5-10H,4H2,1-3H3;1H. The molecule has 0 fully saturated rings. The van der Waals surface area contributed by atoms with Crippen molar-refractivity contribution >= 4 is 22.2 Å². The van der Waals surface area contributed by atoms with Gasteiger partial charge in [-0.25, -0.2) is 4.99 Å². The normalized spacial score (nSPS) is 16.1. The summed E-state index contributed by atoms with van der Waals surface area (Å²) in [6.45, 7) is 6.85. The lowest BCUT2D eigenvalue weighted by Crippen LogP contribution is -3.00. The van der Waals surface area contributed by atoms with Crippen LogP contribution in [0.3, 0.4) is 0 Å². The molecule has 3 rings (SSSR count). The average molecular weight is 351 g/mol. The van der Waals surface area contributed by atoms with Gasteiger partial charge in [0, 0.05) is 18.1 Å². The summed E-state index contributed by atoms with van der Waals surface area (Å²) in [4.78, 5) is 3.58. The van der Waals surface area contributed by atoms with Crippen molar-refractivity contribution in [2.75, 3.05) is 0 Å². The number of nitrogens with one attached hydrogen (secondary N) is 1. The highest BCUT2D eigenvalue weighted by Gasteiger charge is 2.41. The molecule has 0 saturated heterocycles. The lowest BCUT2D eigenvalue weighted by molar-refractivity contribution is -0.352. The Bertz CT molecular complexity index is 626. The van der Waals surface area contributed by atoms with Crippen LogP contribution >= 0.6 is 0 Å². The SMILES string of the molecule is CCC1=[NH+]c2ccc3ccccc3c2C1(C)C.[I-]. The van der Waals surface area contributed by atoms with Crippen molar-refractivity contribution in [2.24, 2.45) is 0 Å². The van der Waals surface area contributed by atoms with Crippen molar-refractivity contribution in [3.05, 3.63) is 42.0 Å². The molecule has 0 radical (unpaired) electrons. The molecule has 1 aliphatic heterocycles. The molecule has 0 amide bonds. The molecule has 0 spiro atoms. The molecule has 1 N–H and O–H groups in total. The van der Waals surface area contributed by atoms with Crippen LogP contribution in [0.15, 0.2) is 36.4 Å². The van der Waals surface area contributed by atoms with Gasteiger partial charge in [0.15, 0.2) is 5.71 Å². The Kier molecular flexibility index (Phi) is 3.49. The summed E-state index contributed by atoms with van der Waals surface area (Å²) in [5.74, 6) is 0. The molecular formula is C16H18IN. The van der Waals surface area contributed by atoms with E-state index in [4.69, 9.17) is 0 Å². The van der Waals surface area contributed by atoms with Gasteiger partial charge in [0.25, 0.3) is 0 Å². The highest BCUT2D eigenvalue weighted by atomic mass is 127.